The van der Waals surface area contributed by atoms with E-state index < -0.39 is 0 Å². The molecule has 2 aromatic heterocycles. The molecule has 8 nitrogen and oxygen atoms in total. The summed E-state index contributed by atoms with van der Waals surface area (Å²) in [5, 5.41) is 23.7. The minimum atomic E-state index is -0.260. The number of nitrogens with one attached hydrogen (secondary N) is 2. The quantitative estimate of drug-likeness (QED) is 0.465. The van der Waals surface area contributed by atoms with Gasteiger partial charge in [-0.1, -0.05) is 47.6 Å². The van der Waals surface area contributed by atoms with Crippen LogP contribution in [-0.2, 0) is 20.1 Å². The van der Waals surface area contributed by atoms with Crippen molar-refractivity contribution in [2.75, 3.05) is 5.32 Å². The maximum absolute atomic E-state index is 13.0. The second kappa shape index (κ2) is 9.18. The van der Waals surface area contributed by atoms with E-state index in [0.717, 1.165) is 11.1 Å². The van der Waals surface area contributed by atoms with Crippen LogP contribution in [0.3, 0.4) is 0 Å². The van der Waals surface area contributed by atoms with Crippen LogP contribution >= 0.6 is 0 Å². The first-order valence-corrected chi connectivity index (χ1v) is 10.1. The zero-order valence-corrected chi connectivity index (χ0v) is 17.8. The molecule has 0 spiro atoms. The predicted molar refractivity (Wildman–Crippen MR) is 120 cm³/mol. The third kappa shape index (κ3) is 4.37. The van der Waals surface area contributed by atoms with Gasteiger partial charge in [-0.2, -0.15) is 10.4 Å². The van der Waals surface area contributed by atoms with E-state index in [0.29, 0.717) is 47.1 Å². The Bertz CT molecular complexity index is 1270. The molecule has 2 N–H and O–H groups in total. The van der Waals surface area contributed by atoms with Crippen LogP contribution in [0.2, 0.25) is 0 Å². The molecular formula is C24H22N6O2. The highest BCUT2D eigenvalue weighted by atomic mass is 16.5. The van der Waals surface area contributed by atoms with E-state index in [4.69, 9.17) is 9.78 Å². The molecule has 1 amide bonds. The minimum Gasteiger partial charge on any atom is -0.366 e. The Hall–Kier alpha value is -4.38. The van der Waals surface area contributed by atoms with Crippen molar-refractivity contribution < 1.29 is 9.32 Å². The minimum absolute atomic E-state index is 0.260. The molecular weight excluding hydrogens is 404 g/mol. The van der Waals surface area contributed by atoms with Crippen molar-refractivity contribution in [3.8, 4) is 17.3 Å². The number of rotatable bonds is 7. The lowest BCUT2D eigenvalue weighted by Crippen LogP contribution is -2.23. The first-order valence-electron chi connectivity index (χ1n) is 10.1. The van der Waals surface area contributed by atoms with Gasteiger partial charge in [0.05, 0.1) is 23.4 Å². The SMILES string of the molecule is Cc1onc(-c2cnn(C)c2NCc2ccc(C#N)cc2)c1C(=O)NCc1ccccc1. The lowest BCUT2D eigenvalue weighted by Gasteiger charge is -2.10. The lowest BCUT2D eigenvalue weighted by atomic mass is 10.1. The molecule has 0 bridgehead atoms. The van der Waals surface area contributed by atoms with Crippen molar-refractivity contribution in [1.82, 2.24) is 20.3 Å². The zero-order chi connectivity index (χ0) is 22.5. The monoisotopic (exact) mass is 426 g/mol. The van der Waals surface area contributed by atoms with Gasteiger partial charge in [-0.3, -0.25) is 9.48 Å². The lowest BCUT2D eigenvalue weighted by molar-refractivity contribution is 0.0950. The molecule has 0 aliphatic heterocycles. The summed E-state index contributed by atoms with van der Waals surface area (Å²) in [6.45, 7) is 2.64. The molecule has 0 fully saturated rings. The summed E-state index contributed by atoms with van der Waals surface area (Å²) < 4.78 is 7.06. The Morgan fingerprint density at radius 1 is 1.09 bits per heavy atom. The summed E-state index contributed by atoms with van der Waals surface area (Å²) in [4.78, 5) is 13.0. The number of nitrogens with zero attached hydrogens (tertiary/aromatic N) is 4. The van der Waals surface area contributed by atoms with Gasteiger partial charge in [0.15, 0.2) is 0 Å². The average molecular weight is 426 g/mol. The Kier molecular flexibility index (Phi) is 5.99. The summed E-state index contributed by atoms with van der Waals surface area (Å²) in [7, 11) is 1.81. The highest BCUT2D eigenvalue weighted by molar-refractivity contribution is 6.01. The average Bonchev–Trinajstić information content (AvgIpc) is 3.39. The number of carbonyl (C=O) groups excluding carboxylic acids is 1. The highest BCUT2D eigenvalue weighted by Crippen LogP contribution is 2.31. The number of hydrogen-bond acceptors (Lipinski definition) is 6. The summed E-state index contributed by atoms with van der Waals surface area (Å²) in [5.41, 5.74) is 4.11. The van der Waals surface area contributed by atoms with Crippen molar-refractivity contribution in [3.63, 3.8) is 0 Å². The van der Waals surface area contributed by atoms with E-state index in [1.54, 1.807) is 29.9 Å². The first-order chi connectivity index (χ1) is 15.6. The Morgan fingerprint density at radius 2 is 1.81 bits per heavy atom. The number of aromatic nitrogens is 3. The first kappa shape index (κ1) is 20.9. The number of aryl methyl sites for hydroxylation is 2. The molecule has 2 heterocycles. The van der Waals surface area contributed by atoms with Crippen molar-refractivity contribution in [3.05, 3.63) is 88.8 Å². The van der Waals surface area contributed by atoms with Gasteiger partial charge in [0, 0.05) is 20.1 Å². The fourth-order valence-electron chi connectivity index (χ4n) is 3.39. The van der Waals surface area contributed by atoms with Gasteiger partial charge >= 0.3 is 0 Å². The van der Waals surface area contributed by atoms with Crippen LogP contribution in [0.5, 0.6) is 0 Å². The van der Waals surface area contributed by atoms with Gasteiger partial charge in [-0.25, -0.2) is 0 Å². The smallest absolute Gasteiger partial charge is 0.257 e. The molecule has 0 unspecified atom stereocenters. The molecule has 0 atom stereocenters. The number of anilines is 1. The van der Waals surface area contributed by atoms with E-state index in [1.807, 2.05) is 49.5 Å². The Balaban J connectivity index is 1.55. The fourth-order valence-corrected chi connectivity index (χ4v) is 3.39. The van der Waals surface area contributed by atoms with Gasteiger partial charge in [-0.15, -0.1) is 0 Å². The largest absolute Gasteiger partial charge is 0.366 e. The number of carbonyl (C=O) groups is 1. The second-order valence-electron chi connectivity index (χ2n) is 7.32. The topological polar surface area (TPSA) is 109 Å². The van der Waals surface area contributed by atoms with Crippen LogP contribution < -0.4 is 10.6 Å². The van der Waals surface area contributed by atoms with Crippen LogP contribution in [0.25, 0.3) is 11.3 Å². The molecule has 4 aromatic rings. The highest BCUT2D eigenvalue weighted by Gasteiger charge is 2.25. The van der Waals surface area contributed by atoms with Crippen molar-refractivity contribution in [1.29, 1.82) is 5.26 Å². The molecule has 2 aromatic carbocycles. The summed E-state index contributed by atoms with van der Waals surface area (Å²) in [5.74, 6) is 0.886. The van der Waals surface area contributed by atoms with Crippen molar-refractivity contribution in [2.24, 2.45) is 7.05 Å². The molecule has 0 saturated heterocycles. The zero-order valence-electron chi connectivity index (χ0n) is 17.8. The normalized spacial score (nSPS) is 10.5. The van der Waals surface area contributed by atoms with Crippen LogP contribution in [0.4, 0.5) is 5.82 Å². The third-order valence-electron chi connectivity index (χ3n) is 5.12. The van der Waals surface area contributed by atoms with E-state index in [-0.39, 0.29) is 5.91 Å². The molecule has 32 heavy (non-hydrogen) atoms. The van der Waals surface area contributed by atoms with Gasteiger partial charge in [-0.05, 0) is 30.2 Å². The molecule has 4 rings (SSSR count). The van der Waals surface area contributed by atoms with Crippen molar-refractivity contribution in [2.45, 2.75) is 20.0 Å². The molecule has 8 heteroatoms. The molecule has 0 radical (unpaired) electrons. The molecule has 0 aliphatic rings. The third-order valence-corrected chi connectivity index (χ3v) is 5.12. The predicted octanol–water partition coefficient (Wildman–Crippen LogP) is 3.80. The van der Waals surface area contributed by atoms with E-state index >= 15 is 0 Å². The van der Waals surface area contributed by atoms with Crippen LogP contribution in [-0.4, -0.2) is 20.8 Å². The van der Waals surface area contributed by atoms with E-state index in [1.165, 1.54) is 0 Å². The summed E-state index contributed by atoms with van der Waals surface area (Å²) in [6, 6.07) is 19.1. The van der Waals surface area contributed by atoms with Gasteiger partial charge < -0.3 is 15.2 Å². The fraction of sp³-hybridized carbons (Fsp3) is 0.167. The Labute approximate surface area is 185 Å². The van der Waals surface area contributed by atoms with Gasteiger partial charge in [0.2, 0.25) is 0 Å². The van der Waals surface area contributed by atoms with Crippen LogP contribution in [0, 0.1) is 18.3 Å². The summed E-state index contributed by atoms with van der Waals surface area (Å²) >= 11 is 0. The van der Waals surface area contributed by atoms with Crippen molar-refractivity contribution >= 4 is 11.7 Å². The Morgan fingerprint density at radius 3 is 2.53 bits per heavy atom. The molecule has 0 aliphatic carbocycles. The number of nitriles is 1. The van der Waals surface area contributed by atoms with Crippen LogP contribution in [0.15, 0.2) is 65.3 Å². The van der Waals surface area contributed by atoms with E-state index in [2.05, 4.69) is 27.0 Å². The van der Waals surface area contributed by atoms with Gasteiger partial charge in [0.1, 0.15) is 22.8 Å². The van der Waals surface area contributed by atoms with E-state index in [9.17, 15) is 4.79 Å². The standard InChI is InChI=1S/C24H22N6O2/c1-16-21(24(31)27-14-18-6-4-3-5-7-18)22(29-32-16)20-15-28-30(2)23(20)26-13-19-10-8-17(12-25)9-11-19/h3-11,15,26H,13-14H2,1-2H3,(H,27,31). The van der Waals surface area contributed by atoms with Crippen LogP contribution in [0.1, 0.15) is 32.8 Å². The maximum atomic E-state index is 13.0. The molecule has 0 saturated carbocycles. The maximum Gasteiger partial charge on any atom is 0.257 e. The molecule has 160 valence electrons. The number of hydrogen-bond donors (Lipinski definition) is 2. The number of benzene rings is 2. The second-order valence-corrected chi connectivity index (χ2v) is 7.32. The number of amides is 1. The summed E-state index contributed by atoms with van der Waals surface area (Å²) in [6.07, 6.45) is 1.66. The van der Waals surface area contributed by atoms with Gasteiger partial charge in [0.25, 0.3) is 5.91 Å².